The molecule has 1 atom stereocenters. The molecule has 19 heavy (non-hydrogen) atoms. The molecule has 104 valence electrons. The number of benzene rings is 1. The molecule has 0 aliphatic carbocycles. The van der Waals surface area contributed by atoms with Crippen molar-refractivity contribution in [3.63, 3.8) is 0 Å². The molecule has 1 unspecified atom stereocenters. The number of halogens is 1. The van der Waals surface area contributed by atoms with Crippen LogP contribution in [0.15, 0.2) is 12.1 Å². The fourth-order valence-electron chi connectivity index (χ4n) is 1.63. The van der Waals surface area contributed by atoms with Crippen molar-refractivity contribution in [2.24, 2.45) is 5.73 Å². The topological polar surface area (TPSA) is 70.8 Å². The third kappa shape index (κ3) is 3.46. The van der Waals surface area contributed by atoms with Gasteiger partial charge in [-0.15, -0.1) is 0 Å². The van der Waals surface area contributed by atoms with Gasteiger partial charge < -0.3 is 19.9 Å². The number of carbonyl (C=O) groups is 1. The number of thioether (sulfide) groups is 1. The molecule has 0 aromatic heterocycles. The van der Waals surface area contributed by atoms with Gasteiger partial charge in [-0.3, -0.25) is 4.79 Å². The lowest BCUT2D eigenvalue weighted by molar-refractivity contribution is -0.141. The smallest absolute Gasteiger partial charge is 0.323 e. The molecule has 1 aromatic carbocycles. The quantitative estimate of drug-likeness (QED) is 0.837. The number of ether oxygens (including phenoxy) is 3. The molecule has 1 aliphatic heterocycles. The van der Waals surface area contributed by atoms with Crippen molar-refractivity contribution >= 4 is 29.3 Å². The summed E-state index contributed by atoms with van der Waals surface area (Å²) in [6.45, 7) is 0.193. The minimum Gasteiger partial charge on any atom is -0.468 e. The van der Waals surface area contributed by atoms with Gasteiger partial charge >= 0.3 is 5.97 Å². The highest BCUT2D eigenvalue weighted by Gasteiger charge is 2.19. The lowest BCUT2D eigenvalue weighted by Gasteiger charge is -2.09. The van der Waals surface area contributed by atoms with Crippen LogP contribution in [-0.4, -0.2) is 31.7 Å². The van der Waals surface area contributed by atoms with Crippen LogP contribution in [0.3, 0.4) is 0 Å². The highest BCUT2D eigenvalue weighted by molar-refractivity contribution is 7.98. The van der Waals surface area contributed by atoms with E-state index in [1.807, 2.05) is 12.1 Å². The Balaban J connectivity index is 1.90. The van der Waals surface area contributed by atoms with E-state index in [9.17, 15) is 4.79 Å². The van der Waals surface area contributed by atoms with Crippen LogP contribution in [0.25, 0.3) is 0 Å². The number of esters is 1. The Labute approximate surface area is 120 Å². The molecule has 1 aromatic rings. The molecule has 0 saturated heterocycles. The molecule has 0 amide bonds. The van der Waals surface area contributed by atoms with Gasteiger partial charge in [-0.1, -0.05) is 11.6 Å². The first-order valence-electron chi connectivity index (χ1n) is 5.61. The fraction of sp³-hybridized carbons (Fsp3) is 0.417. The first kappa shape index (κ1) is 14.3. The third-order valence-electron chi connectivity index (χ3n) is 2.56. The van der Waals surface area contributed by atoms with Crippen LogP contribution in [0.5, 0.6) is 11.5 Å². The molecule has 1 heterocycles. The van der Waals surface area contributed by atoms with Crippen LogP contribution in [0, 0.1) is 0 Å². The molecule has 0 spiro atoms. The van der Waals surface area contributed by atoms with E-state index in [0.717, 1.165) is 5.56 Å². The van der Waals surface area contributed by atoms with Crippen LogP contribution < -0.4 is 15.2 Å². The van der Waals surface area contributed by atoms with E-state index in [1.165, 1.54) is 18.9 Å². The molecule has 0 saturated carbocycles. The first-order chi connectivity index (χ1) is 9.11. The summed E-state index contributed by atoms with van der Waals surface area (Å²) in [6, 6.07) is 3.09. The van der Waals surface area contributed by atoms with Crippen LogP contribution in [0.4, 0.5) is 0 Å². The zero-order chi connectivity index (χ0) is 13.8. The van der Waals surface area contributed by atoms with Crippen molar-refractivity contribution in [1.29, 1.82) is 0 Å². The molecule has 2 rings (SSSR count). The maximum Gasteiger partial charge on any atom is 0.323 e. The van der Waals surface area contributed by atoms with E-state index in [1.54, 1.807) is 0 Å². The van der Waals surface area contributed by atoms with Crippen molar-refractivity contribution in [3.8, 4) is 11.5 Å². The summed E-state index contributed by atoms with van der Waals surface area (Å²) in [7, 11) is 1.32. The maximum atomic E-state index is 11.1. The summed E-state index contributed by atoms with van der Waals surface area (Å²) >= 11 is 7.61. The number of hydrogen-bond acceptors (Lipinski definition) is 6. The number of fused-ring (bicyclic) bond motifs is 1. The summed E-state index contributed by atoms with van der Waals surface area (Å²) in [6.07, 6.45) is 0. The molecular weight excluding hydrogens is 290 g/mol. The van der Waals surface area contributed by atoms with Crippen LogP contribution in [-0.2, 0) is 15.3 Å². The van der Waals surface area contributed by atoms with Crippen molar-refractivity contribution in [2.45, 2.75) is 11.8 Å². The van der Waals surface area contributed by atoms with Crippen LogP contribution in [0.1, 0.15) is 5.56 Å². The second-order valence-corrected chi connectivity index (χ2v) is 5.39. The Morgan fingerprint density at radius 2 is 2.37 bits per heavy atom. The minimum absolute atomic E-state index is 0.193. The van der Waals surface area contributed by atoms with Crippen molar-refractivity contribution in [3.05, 3.63) is 22.7 Å². The molecule has 0 bridgehead atoms. The van der Waals surface area contributed by atoms with E-state index in [0.29, 0.717) is 28.0 Å². The fourth-order valence-corrected chi connectivity index (χ4v) is 2.83. The van der Waals surface area contributed by atoms with Gasteiger partial charge in [0, 0.05) is 11.5 Å². The number of carbonyl (C=O) groups excluding carboxylic acids is 1. The SMILES string of the molecule is COC(=O)C(N)CSCc1cc(Cl)c2c(c1)OCO2. The minimum atomic E-state index is -0.612. The highest BCUT2D eigenvalue weighted by Crippen LogP contribution is 2.40. The van der Waals surface area contributed by atoms with Gasteiger partial charge in [0.25, 0.3) is 0 Å². The summed E-state index contributed by atoms with van der Waals surface area (Å²) in [5, 5.41) is 0.530. The van der Waals surface area contributed by atoms with E-state index in [-0.39, 0.29) is 6.79 Å². The lowest BCUT2D eigenvalue weighted by atomic mass is 10.2. The molecule has 5 nitrogen and oxygen atoms in total. The molecular formula is C12H14ClNO4S. The molecule has 1 aliphatic rings. The highest BCUT2D eigenvalue weighted by atomic mass is 35.5. The zero-order valence-electron chi connectivity index (χ0n) is 10.3. The summed E-state index contributed by atoms with van der Waals surface area (Å²) in [5.74, 6) is 2.00. The lowest BCUT2D eigenvalue weighted by Crippen LogP contribution is -2.33. The Kier molecular flexibility index (Phi) is 4.79. The van der Waals surface area contributed by atoms with E-state index in [4.69, 9.17) is 26.8 Å². The summed E-state index contributed by atoms with van der Waals surface area (Å²) < 4.78 is 15.1. The first-order valence-corrected chi connectivity index (χ1v) is 7.14. The molecule has 7 heteroatoms. The number of nitrogens with two attached hydrogens (primary N) is 1. The van der Waals surface area contributed by atoms with Gasteiger partial charge in [-0.2, -0.15) is 11.8 Å². The van der Waals surface area contributed by atoms with E-state index < -0.39 is 12.0 Å². The average Bonchev–Trinajstić information content (AvgIpc) is 2.86. The van der Waals surface area contributed by atoms with Gasteiger partial charge in [0.15, 0.2) is 11.5 Å². The van der Waals surface area contributed by atoms with Crippen LogP contribution >= 0.6 is 23.4 Å². The summed E-state index contributed by atoms with van der Waals surface area (Å²) in [5.41, 5.74) is 6.64. The zero-order valence-corrected chi connectivity index (χ0v) is 11.9. The van der Waals surface area contributed by atoms with Gasteiger partial charge in [0.2, 0.25) is 6.79 Å². The van der Waals surface area contributed by atoms with E-state index in [2.05, 4.69) is 4.74 Å². The van der Waals surface area contributed by atoms with Crippen molar-refractivity contribution in [1.82, 2.24) is 0 Å². The number of methoxy groups -OCH3 is 1. The predicted molar refractivity (Wildman–Crippen MR) is 73.7 cm³/mol. The standard InChI is InChI=1S/C12H14ClNO4S/c1-16-12(15)9(14)5-19-4-7-2-8(13)11-10(3-7)17-6-18-11/h2-3,9H,4-6,14H2,1H3. The summed E-state index contributed by atoms with van der Waals surface area (Å²) in [4.78, 5) is 11.1. The molecule has 0 fully saturated rings. The van der Waals surface area contributed by atoms with Crippen LogP contribution in [0.2, 0.25) is 5.02 Å². The van der Waals surface area contributed by atoms with Gasteiger partial charge in [-0.25, -0.2) is 0 Å². The van der Waals surface area contributed by atoms with E-state index >= 15 is 0 Å². The Morgan fingerprint density at radius 3 is 3.11 bits per heavy atom. The average molecular weight is 304 g/mol. The maximum absolute atomic E-state index is 11.1. The second kappa shape index (κ2) is 6.36. The molecule has 2 N–H and O–H groups in total. The van der Waals surface area contributed by atoms with Gasteiger partial charge in [-0.05, 0) is 17.7 Å². The van der Waals surface area contributed by atoms with Gasteiger partial charge in [0.05, 0.1) is 12.1 Å². The Morgan fingerprint density at radius 1 is 1.58 bits per heavy atom. The number of hydrogen-bond donors (Lipinski definition) is 1. The normalized spacial score (nSPS) is 14.3. The predicted octanol–water partition coefficient (Wildman–Crippen LogP) is 1.80. The molecule has 0 radical (unpaired) electrons. The third-order valence-corrected chi connectivity index (χ3v) is 3.97. The van der Waals surface area contributed by atoms with Gasteiger partial charge in [0.1, 0.15) is 6.04 Å². The largest absolute Gasteiger partial charge is 0.468 e. The monoisotopic (exact) mass is 303 g/mol. The Hall–Kier alpha value is -1.11. The van der Waals surface area contributed by atoms with Crippen molar-refractivity contribution < 1.29 is 19.0 Å². The number of rotatable bonds is 5. The van der Waals surface area contributed by atoms with Crippen molar-refractivity contribution in [2.75, 3.05) is 19.7 Å². The Bertz CT molecular complexity index is 483. The second-order valence-electron chi connectivity index (χ2n) is 3.96.